The maximum atomic E-state index is 12.3. The topological polar surface area (TPSA) is 117 Å². The average molecular weight is 393 g/mol. The van der Waals surface area contributed by atoms with Crippen LogP contribution in [0.5, 0.6) is 0 Å². The zero-order valence-electron chi connectivity index (χ0n) is 17.1. The summed E-state index contributed by atoms with van der Waals surface area (Å²) in [6.07, 6.45) is 4.56. The molecule has 156 valence electrons. The van der Waals surface area contributed by atoms with Crippen molar-refractivity contribution in [1.29, 1.82) is 0 Å². The van der Waals surface area contributed by atoms with Crippen molar-refractivity contribution in [2.24, 2.45) is 0 Å². The molecule has 2 heterocycles. The number of rotatable bonds is 7. The number of amides is 1. The summed E-state index contributed by atoms with van der Waals surface area (Å²) < 4.78 is 5.44. The number of hydrogen-bond acceptors (Lipinski definition) is 7. The molecule has 0 aliphatic carbocycles. The number of hydrogen-bond donors (Lipinski definition) is 3. The minimum absolute atomic E-state index is 0.00966. The molecule has 1 amide bonds. The van der Waals surface area contributed by atoms with Gasteiger partial charge in [0.25, 0.3) is 0 Å². The van der Waals surface area contributed by atoms with Crippen molar-refractivity contribution in [1.82, 2.24) is 14.9 Å². The lowest BCUT2D eigenvalue weighted by molar-refractivity contribution is 0.0206. The Hall–Kier alpha value is -2.58. The number of carboxylic acids is 1. The molecule has 1 fully saturated rings. The summed E-state index contributed by atoms with van der Waals surface area (Å²) in [5.41, 5.74) is -0.546. The zero-order chi connectivity index (χ0) is 20.7. The smallest absolute Gasteiger partial charge is 0.410 e. The fourth-order valence-corrected chi connectivity index (χ4v) is 2.89. The highest BCUT2D eigenvalue weighted by Crippen LogP contribution is 2.21. The first kappa shape index (κ1) is 21.7. The first-order chi connectivity index (χ1) is 13.2. The number of anilines is 2. The quantitative estimate of drug-likeness (QED) is 0.605. The molecule has 1 aromatic heterocycles. The standard InChI is InChI=1S/C19H31N5O4/c1-5-6-9-20-17-21-11-14(16(25)26)15(23-17)22-13-8-7-10-24(12-13)18(27)28-19(2,3)4/h11,13H,5-10,12H2,1-4H3,(H,25,26)(H2,20,21,22,23)/t13-/m0/s1. The zero-order valence-corrected chi connectivity index (χ0v) is 17.1. The summed E-state index contributed by atoms with van der Waals surface area (Å²) in [4.78, 5) is 33.9. The Bertz CT molecular complexity index is 689. The predicted molar refractivity (Wildman–Crippen MR) is 107 cm³/mol. The Balaban J connectivity index is 2.08. The number of aromatic nitrogens is 2. The number of carbonyl (C=O) groups excluding carboxylic acids is 1. The van der Waals surface area contributed by atoms with E-state index in [0.717, 1.165) is 32.2 Å². The van der Waals surface area contributed by atoms with Crippen molar-refractivity contribution in [3.63, 3.8) is 0 Å². The lowest BCUT2D eigenvalue weighted by Crippen LogP contribution is -2.47. The molecule has 3 N–H and O–H groups in total. The second kappa shape index (κ2) is 9.57. The number of ether oxygens (including phenoxy) is 1. The second-order valence-electron chi connectivity index (χ2n) is 7.95. The lowest BCUT2D eigenvalue weighted by atomic mass is 10.1. The van der Waals surface area contributed by atoms with E-state index in [1.165, 1.54) is 6.20 Å². The van der Waals surface area contributed by atoms with Gasteiger partial charge in [0.05, 0.1) is 0 Å². The first-order valence-corrected chi connectivity index (χ1v) is 9.78. The maximum absolute atomic E-state index is 12.3. The molecule has 28 heavy (non-hydrogen) atoms. The number of unbranched alkanes of at least 4 members (excludes halogenated alkanes) is 1. The monoisotopic (exact) mass is 393 g/mol. The highest BCUT2D eigenvalue weighted by Gasteiger charge is 2.28. The molecular formula is C19H31N5O4. The third-order valence-electron chi connectivity index (χ3n) is 4.25. The number of carbonyl (C=O) groups is 2. The summed E-state index contributed by atoms with van der Waals surface area (Å²) in [6.45, 7) is 9.34. The molecule has 0 saturated carbocycles. The van der Waals surface area contributed by atoms with Gasteiger partial charge in [0, 0.05) is 31.9 Å². The fraction of sp³-hybridized carbons (Fsp3) is 0.684. The van der Waals surface area contributed by atoms with E-state index < -0.39 is 11.6 Å². The Morgan fingerprint density at radius 1 is 1.39 bits per heavy atom. The predicted octanol–water partition coefficient (Wildman–Crippen LogP) is 3.20. The second-order valence-corrected chi connectivity index (χ2v) is 7.95. The Labute approximate surface area is 165 Å². The largest absolute Gasteiger partial charge is 0.477 e. The van der Waals surface area contributed by atoms with E-state index in [2.05, 4.69) is 27.5 Å². The molecule has 1 atom stereocenters. The minimum atomic E-state index is -1.09. The first-order valence-electron chi connectivity index (χ1n) is 9.78. The van der Waals surface area contributed by atoms with Crippen LogP contribution in [0.2, 0.25) is 0 Å². The molecule has 1 aliphatic heterocycles. The Morgan fingerprint density at radius 2 is 2.14 bits per heavy atom. The number of nitrogens with one attached hydrogen (secondary N) is 2. The van der Waals surface area contributed by atoms with Gasteiger partial charge in [0.15, 0.2) is 0 Å². The molecule has 1 aliphatic rings. The van der Waals surface area contributed by atoms with Gasteiger partial charge in [-0.25, -0.2) is 14.6 Å². The van der Waals surface area contributed by atoms with E-state index in [4.69, 9.17) is 4.74 Å². The molecule has 9 nitrogen and oxygen atoms in total. The van der Waals surface area contributed by atoms with Gasteiger partial charge in [-0.2, -0.15) is 4.98 Å². The molecule has 0 aromatic carbocycles. The van der Waals surface area contributed by atoms with Crippen LogP contribution in [-0.2, 0) is 4.74 Å². The van der Waals surface area contributed by atoms with Crippen LogP contribution in [0.4, 0.5) is 16.6 Å². The van der Waals surface area contributed by atoms with Gasteiger partial charge < -0.3 is 25.4 Å². The Kier molecular flexibility index (Phi) is 7.42. The minimum Gasteiger partial charge on any atom is -0.477 e. The van der Waals surface area contributed by atoms with E-state index in [1.807, 2.05) is 20.8 Å². The van der Waals surface area contributed by atoms with E-state index in [9.17, 15) is 14.7 Å². The molecule has 9 heteroatoms. The molecule has 1 aromatic rings. The van der Waals surface area contributed by atoms with E-state index in [1.54, 1.807) is 4.90 Å². The van der Waals surface area contributed by atoms with Crippen LogP contribution in [0.3, 0.4) is 0 Å². The number of nitrogens with zero attached hydrogens (tertiary/aromatic N) is 3. The third-order valence-corrected chi connectivity index (χ3v) is 4.25. The number of carboxylic acid groups (broad SMARTS) is 1. The molecule has 2 rings (SSSR count). The Morgan fingerprint density at radius 3 is 2.79 bits per heavy atom. The van der Waals surface area contributed by atoms with Crippen molar-refractivity contribution in [2.45, 2.75) is 65.0 Å². The van der Waals surface area contributed by atoms with E-state index >= 15 is 0 Å². The molecule has 1 saturated heterocycles. The van der Waals surface area contributed by atoms with Gasteiger partial charge in [-0.3, -0.25) is 0 Å². The lowest BCUT2D eigenvalue weighted by Gasteiger charge is -2.34. The van der Waals surface area contributed by atoms with Crippen LogP contribution in [-0.4, -0.2) is 63.3 Å². The number of likely N-dealkylation sites (tertiary alicyclic amines) is 1. The summed E-state index contributed by atoms with van der Waals surface area (Å²) >= 11 is 0. The highest BCUT2D eigenvalue weighted by molar-refractivity contribution is 5.93. The van der Waals surface area contributed by atoms with Crippen molar-refractivity contribution >= 4 is 23.8 Å². The summed E-state index contributed by atoms with van der Waals surface area (Å²) in [5.74, 6) is -0.444. The third kappa shape index (κ3) is 6.54. The van der Waals surface area contributed by atoms with Crippen LogP contribution in [0.1, 0.15) is 63.7 Å². The highest BCUT2D eigenvalue weighted by atomic mass is 16.6. The molecule has 0 spiro atoms. The van der Waals surface area contributed by atoms with Gasteiger partial charge in [-0.1, -0.05) is 13.3 Å². The average Bonchev–Trinajstić information content (AvgIpc) is 2.61. The van der Waals surface area contributed by atoms with Crippen LogP contribution < -0.4 is 10.6 Å². The van der Waals surface area contributed by atoms with Crippen molar-refractivity contribution in [3.8, 4) is 0 Å². The van der Waals surface area contributed by atoms with Crippen molar-refractivity contribution in [2.75, 3.05) is 30.3 Å². The summed E-state index contributed by atoms with van der Waals surface area (Å²) in [5, 5.41) is 15.7. The van der Waals surface area contributed by atoms with Crippen LogP contribution in [0.25, 0.3) is 0 Å². The van der Waals surface area contributed by atoms with Crippen LogP contribution >= 0.6 is 0 Å². The maximum Gasteiger partial charge on any atom is 0.410 e. The summed E-state index contributed by atoms with van der Waals surface area (Å²) in [6, 6.07) is -0.113. The van der Waals surface area contributed by atoms with Gasteiger partial charge in [-0.05, 0) is 40.0 Å². The van der Waals surface area contributed by atoms with Gasteiger partial charge >= 0.3 is 12.1 Å². The molecular weight excluding hydrogens is 362 g/mol. The van der Waals surface area contributed by atoms with Crippen LogP contribution in [0.15, 0.2) is 6.20 Å². The van der Waals surface area contributed by atoms with Crippen LogP contribution in [0, 0.1) is 0 Å². The molecule has 0 bridgehead atoms. The van der Waals surface area contributed by atoms with E-state index in [0.29, 0.717) is 19.0 Å². The fourth-order valence-electron chi connectivity index (χ4n) is 2.89. The van der Waals surface area contributed by atoms with Gasteiger partial charge in [-0.15, -0.1) is 0 Å². The molecule has 0 unspecified atom stereocenters. The molecule has 0 radical (unpaired) electrons. The van der Waals surface area contributed by atoms with Crippen molar-refractivity contribution < 1.29 is 19.4 Å². The SMILES string of the molecule is CCCCNc1ncc(C(=O)O)c(N[C@H]2CCCN(C(=O)OC(C)(C)C)C2)n1. The number of piperidine rings is 1. The van der Waals surface area contributed by atoms with Crippen molar-refractivity contribution in [3.05, 3.63) is 11.8 Å². The summed E-state index contributed by atoms with van der Waals surface area (Å²) in [7, 11) is 0. The van der Waals surface area contributed by atoms with E-state index in [-0.39, 0.29) is 23.5 Å². The van der Waals surface area contributed by atoms with Gasteiger partial charge in [0.1, 0.15) is 17.0 Å². The van der Waals surface area contributed by atoms with Gasteiger partial charge in [0.2, 0.25) is 5.95 Å². The normalized spacial score (nSPS) is 17.1. The number of aromatic carboxylic acids is 1.